The number of rotatable bonds is 6. The standard InChI is InChI=1S/C44H44O6S2/c45-51(46,47)42-36-11-5-3-9-34(36)41(35-10-4-6-12-37(35)42)50-52(48,49)39-19-38(43-20-26-13-27(21-43)15-28(14-26)22-43)32-7-1-2-8-33(32)40(39)44-23-29-16-30(24-44)18-31(17-29)25-44/h1-12,19,26-31H,13-18,20-25H2,(H,45,46,47). The highest BCUT2D eigenvalue weighted by atomic mass is 32.2. The van der Waals surface area contributed by atoms with Gasteiger partial charge in [-0.1, -0.05) is 72.8 Å². The molecule has 8 saturated carbocycles. The first-order valence-corrected chi connectivity index (χ1v) is 22.3. The lowest BCUT2D eigenvalue weighted by Gasteiger charge is -2.58. The summed E-state index contributed by atoms with van der Waals surface area (Å²) in [4.78, 5) is 0.0680. The van der Waals surface area contributed by atoms with E-state index in [9.17, 15) is 13.0 Å². The van der Waals surface area contributed by atoms with Crippen LogP contribution >= 0.6 is 0 Å². The predicted molar refractivity (Wildman–Crippen MR) is 203 cm³/mol. The third-order valence-corrected chi connectivity index (χ3v) is 16.9. The van der Waals surface area contributed by atoms with Gasteiger partial charge in [-0.25, -0.2) is 0 Å². The van der Waals surface area contributed by atoms with Crippen molar-refractivity contribution in [2.75, 3.05) is 0 Å². The van der Waals surface area contributed by atoms with E-state index in [2.05, 4.69) is 30.3 Å². The fraction of sp³-hybridized carbons (Fsp3) is 0.455. The van der Waals surface area contributed by atoms with E-state index >= 15 is 8.42 Å². The molecule has 5 aromatic carbocycles. The zero-order valence-corrected chi connectivity index (χ0v) is 30.9. The Balaban J connectivity index is 1.18. The van der Waals surface area contributed by atoms with Crippen molar-refractivity contribution >= 4 is 52.6 Å². The van der Waals surface area contributed by atoms with Gasteiger partial charge >= 0.3 is 10.1 Å². The van der Waals surface area contributed by atoms with Crippen molar-refractivity contribution in [3.8, 4) is 5.75 Å². The van der Waals surface area contributed by atoms with Crippen molar-refractivity contribution in [2.24, 2.45) is 35.5 Å². The van der Waals surface area contributed by atoms with Crippen LogP contribution in [0, 0.1) is 35.5 Å². The van der Waals surface area contributed by atoms with Crippen LogP contribution in [0.1, 0.15) is 88.2 Å². The second kappa shape index (κ2) is 10.8. The Morgan fingerprint density at radius 3 is 1.35 bits per heavy atom. The van der Waals surface area contributed by atoms with Crippen molar-refractivity contribution in [3.63, 3.8) is 0 Å². The fourth-order valence-corrected chi connectivity index (χ4v) is 16.2. The van der Waals surface area contributed by atoms with Crippen LogP contribution in [-0.4, -0.2) is 21.4 Å². The lowest BCUT2D eigenvalue weighted by molar-refractivity contribution is -0.00703. The largest absolute Gasteiger partial charge is 0.378 e. The monoisotopic (exact) mass is 732 g/mol. The van der Waals surface area contributed by atoms with Gasteiger partial charge in [-0.2, -0.15) is 16.8 Å². The molecule has 0 aromatic heterocycles. The quantitative estimate of drug-likeness (QED) is 0.106. The molecule has 8 bridgehead atoms. The maximum atomic E-state index is 15.5. The van der Waals surface area contributed by atoms with Crippen LogP contribution in [0.3, 0.4) is 0 Å². The average molecular weight is 733 g/mol. The van der Waals surface area contributed by atoms with Crippen LogP contribution in [0.4, 0.5) is 0 Å². The molecule has 0 saturated heterocycles. The maximum Gasteiger partial charge on any atom is 0.339 e. The Morgan fingerprint density at radius 1 is 0.519 bits per heavy atom. The molecule has 0 amide bonds. The van der Waals surface area contributed by atoms with Gasteiger partial charge in [0.25, 0.3) is 10.1 Å². The van der Waals surface area contributed by atoms with Crippen LogP contribution in [-0.2, 0) is 31.1 Å². The molecular weight excluding hydrogens is 689 g/mol. The lowest BCUT2D eigenvalue weighted by Crippen LogP contribution is -2.50. The minimum absolute atomic E-state index is 0.0465. The molecule has 5 aromatic rings. The molecule has 13 rings (SSSR count). The Hall–Kier alpha value is -3.46. The SMILES string of the molecule is O=S(=O)(O)c1c2ccccc2c(OS(=O)(=O)c2cc(C34CC5CC(CC(C5)C3)C4)c3ccccc3c2C23CC4CC(CC(C4)C2)C3)c2ccccc12. The third-order valence-electron chi connectivity index (χ3n) is 14.7. The molecule has 0 heterocycles. The smallest absolute Gasteiger partial charge is 0.339 e. The van der Waals surface area contributed by atoms with Gasteiger partial charge in [0.15, 0.2) is 5.75 Å². The second-order valence-corrected chi connectivity index (χ2v) is 20.9. The van der Waals surface area contributed by atoms with E-state index in [4.69, 9.17) is 4.18 Å². The van der Waals surface area contributed by atoms with Crippen LogP contribution in [0.25, 0.3) is 32.3 Å². The molecular formula is C44H44O6S2. The summed E-state index contributed by atoms with van der Waals surface area (Å²) < 4.78 is 73.7. The highest BCUT2D eigenvalue weighted by Gasteiger charge is 2.56. The molecule has 0 radical (unpaired) electrons. The summed E-state index contributed by atoms with van der Waals surface area (Å²) in [6.45, 7) is 0. The van der Waals surface area contributed by atoms with Gasteiger partial charge in [0.1, 0.15) is 9.79 Å². The summed E-state index contributed by atoms with van der Waals surface area (Å²) >= 11 is 0. The average Bonchev–Trinajstić information content (AvgIpc) is 3.09. The van der Waals surface area contributed by atoms with Crippen molar-refractivity contribution in [3.05, 3.63) is 90.0 Å². The van der Waals surface area contributed by atoms with Crippen LogP contribution in [0.2, 0.25) is 0 Å². The molecule has 0 aliphatic heterocycles. The van der Waals surface area contributed by atoms with Gasteiger partial charge in [-0.3, -0.25) is 4.55 Å². The van der Waals surface area contributed by atoms with E-state index in [-0.39, 0.29) is 32.2 Å². The fourth-order valence-electron chi connectivity index (χ4n) is 14.0. The van der Waals surface area contributed by atoms with Gasteiger partial charge < -0.3 is 4.18 Å². The van der Waals surface area contributed by atoms with Crippen LogP contribution in [0.15, 0.2) is 88.7 Å². The number of hydrogen-bond donors (Lipinski definition) is 1. The summed E-state index contributed by atoms with van der Waals surface area (Å²) in [6.07, 6.45) is 14.0. The van der Waals surface area contributed by atoms with E-state index < -0.39 is 20.2 Å². The molecule has 268 valence electrons. The van der Waals surface area contributed by atoms with Crippen LogP contribution < -0.4 is 4.18 Å². The summed E-state index contributed by atoms with van der Waals surface area (Å²) in [5.41, 5.74) is 1.86. The molecule has 8 fully saturated rings. The van der Waals surface area contributed by atoms with E-state index in [1.165, 1.54) is 49.5 Å². The topological polar surface area (TPSA) is 97.7 Å². The highest BCUT2D eigenvalue weighted by molar-refractivity contribution is 7.87. The first kappa shape index (κ1) is 32.0. The normalized spacial score (nSPS) is 33.4. The maximum absolute atomic E-state index is 15.5. The van der Waals surface area contributed by atoms with Gasteiger partial charge in [0.05, 0.1) is 0 Å². The Morgan fingerprint density at radius 2 is 0.904 bits per heavy atom. The van der Waals surface area contributed by atoms with Gasteiger partial charge in [-0.05, 0) is 151 Å². The second-order valence-electron chi connectivity index (χ2n) is 18.0. The zero-order chi connectivity index (χ0) is 35.2. The van der Waals surface area contributed by atoms with Crippen molar-refractivity contribution in [2.45, 2.75) is 97.7 Å². The van der Waals surface area contributed by atoms with Gasteiger partial charge in [0, 0.05) is 21.5 Å². The zero-order valence-electron chi connectivity index (χ0n) is 29.3. The molecule has 8 heteroatoms. The molecule has 8 aliphatic carbocycles. The van der Waals surface area contributed by atoms with Crippen molar-refractivity contribution in [1.29, 1.82) is 0 Å². The number of hydrogen-bond acceptors (Lipinski definition) is 5. The first-order valence-electron chi connectivity index (χ1n) is 19.4. The first-order chi connectivity index (χ1) is 25.0. The molecule has 6 nitrogen and oxygen atoms in total. The van der Waals surface area contributed by atoms with E-state index in [0.29, 0.717) is 51.2 Å². The Bertz CT molecular complexity index is 2440. The molecule has 52 heavy (non-hydrogen) atoms. The summed E-state index contributed by atoms with van der Waals surface area (Å²) in [5, 5.41) is 3.41. The third kappa shape index (κ3) is 4.62. The van der Waals surface area contributed by atoms with Crippen molar-refractivity contribution < 1.29 is 25.6 Å². The molecule has 0 unspecified atom stereocenters. The van der Waals surface area contributed by atoms with E-state index in [0.717, 1.165) is 49.5 Å². The molecule has 1 N–H and O–H groups in total. The summed E-state index contributed by atoms with van der Waals surface area (Å²) in [5.74, 6) is 4.04. The minimum atomic E-state index is -4.66. The summed E-state index contributed by atoms with van der Waals surface area (Å²) in [6, 6.07) is 24.2. The molecule has 0 spiro atoms. The molecule has 8 aliphatic rings. The molecule has 0 atom stereocenters. The number of fused-ring (bicyclic) bond motifs is 3. The Kier molecular flexibility index (Phi) is 6.66. The number of benzene rings is 5. The highest BCUT2D eigenvalue weighted by Crippen LogP contribution is 2.65. The van der Waals surface area contributed by atoms with Crippen LogP contribution in [0.5, 0.6) is 5.75 Å². The van der Waals surface area contributed by atoms with Gasteiger partial charge in [-0.15, -0.1) is 0 Å². The van der Waals surface area contributed by atoms with E-state index in [1.54, 1.807) is 48.5 Å². The minimum Gasteiger partial charge on any atom is -0.378 e. The van der Waals surface area contributed by atoms with E-state index in [1.807, 2.05) is 0 Å². The van der Waals surface area contributed by atoms with Crippen molar-refractivity contribution in [1.82, 2.24) is 0 Å². The van der Waals surface area contributed by atoms with Gasteiger partial charge in [0.2, 0.25) is 0 Å². The Labute approximate surface area is 305 Å². The summed E-state index contributed by atoms with van der Waals surface area (Å²) in [7, 11) is -9.12. The predicted octanol–water partition coefficient (Wildman–Crippen LogP) is 10.1. The lowest BCUT2D eigenvalue weighted by atomic mass is 9.46.